The molecule has 0 radical (unpaired) electrons. The van der Waals surface area contributed by atoms with Crippen molar-refractivity contribution in [2.75, 3.05) is 13.1 Å². The first-order chi connectivity index (χ1) is 10.5. The van der Waals surface area contributed by atoms with Crippen molar-refractivity contribution < 1.29 is 13.2 Å². The summed E-state index contributed by atoms with van der Waals surface area (Å²) in [5.41, 5.74) is 1.13. The molecular weight excluding hydrogens is 302 g/mol. The summed E-state index contributed by atoms with van der Waals surface area (Å²) in [6.45, 7) is 0.882. The Bertz CT molecular complexity index is 714. The van der Waals surface area contributed by atoms with Gasteiger partial charge in [-0.3, -0.25) is 4.79 Å². The molecule has 2 rings (SSSR count). The molecule has 1 fully saturated rings. The molecule has 1 N–H and O–H groups in total. The van der Waals surface area contributed by atoms with Gasteiger partial charge in [-0.25, -0.2) is 4.72 Å². The zero-order valence-corrected chi connectivity index (χ0v) is 12.8. The van der Waals surface area contributed by atoms with Crippen LogP contribution in [-0.4, -0.2) is 31.7 Å². The maximum absolute atomic E-state index is 12.0. The van der Waals surface area contributed by atoms with Gasteiger partial charge in [0.25, 0.3) is 5.91 Å². The number of nitrogens with zero attached hydrogens (tertiary/aromatic N) is 2. The van der Waals surface area contributed by atoms with Crippen LogP contribution in [0.1, 0.15) is 30.4 Å². The van der Waals surface area contributed by atoms with Gasteiger partial charge < -0.3 is 0 Å². The first kappa shape index (κ1) is 16.2. The Morgan fingerprint density at radius 3 is 2.68 bits per heavy atom. The van der Waals surface area contributed by atoms with E-state index in [1.54, 1.807) is 24.3 Å². The first-order valence-electron chi connectivity index (χ1n) is 7.01. The number of carbonyl (C=O) groups is 1. The number of hydrogen-bond donors (Lipinski definition) is 1. The summed E-state index contributed by atoms with van der Waals surface area (Å²) in [5.74, 6) is -0.701. The molecule has 1 aliphatic rings. The Balaban J connectivity index is 1.99. The van der Waals surface area contributed by atoms with Crippen molar-refractivity contribution in [1.29, 1.82) is 5.26 Å². The fraction of sp³-hybridized carbons (Fsp3) is 0.333. The van der Waals surface area contributed by atoms with Gasteiger partial charge >= 0.3 is 10.2 Å². The zero-order chi connectivity index (χ0) is 16.0. The molecule has 6 nitrogen and oxygen atoms in total. The minimum absolute atomic E-state index is 0.441. The largest absolute Gasteiger partial charge is 0.304 e. The van der Waals surface area contributed by atoms with Crippen LogP contribution >= 0.6 is 0 Å². The fourth-order valence-electron chi connectivity index (χ4n) is 2.21. The lowest BCUT2D eigenvalue weighted by Gasteiger charge is -2.25. The minimum atomic E-state index is -3.77. The maximum Gasteiger partial charge on any atom is 0.304 e. The van der Waals surface area contributed by atoms with Crippen molar-refractivity contribution in [3.63, 3.8) is 0 Å². The Labute approximate surface area is 130 Å². The van der Waals surface area contributed by atoms with E-state index >= 15 is 0 Å². The standard InChI is InChI=1S/C15H17N3O3S/c16-12-14-6-4-5-13(11-14)7-8-15(19)17-22(20,21)18-9-2-1-3-10-18/h4-8,11H,1-3,9-10H2,(H,17,19)/b8-7+. The van der Waals surface area contributed by atoms with Gasteiger partial charge in [0, 0.05) is 19.2 Å². The number of nitrogens with one attached hydrogen (secondary N) is 1. The van der Waals surface area contributed by atoms with Gasteiger partial charge in [-0.2, -0.15) is 18.0 Å². The molecule has 116 valence electrons. The Hall–Kier alpha value is -2.17. The van der Waals surface area contributed by atoms with Gasteiger partial charge in [-0.15, -0.1) is 0 Å². The van der Waals surface area contributed by atoms with Crippen molar-refractivity contribution in [2.45, 2.75) is 19.3 Å². The monoisotopic (exact) mass is 319 g/mol. The van der Waals surface area contributed by atoms with Crippen LogP contribution in [0.2, 0.25) is 0 Å². The summed E-state index contributed by atoms with van der Waals surface area (Å²) >= 11 is 0. The van der Waals surface area contributed by atoms with Crippen molar-refractivity contribution in [2.24, 2.45) is 0 Å². The number of hydrogen-bond acceptors (Lipinski definition) is 4. The predicted octanol–water partition coefficient (Wildman–Crippen LogP) is 1.42. The van der Waals surface area contributed by atoms with E-state index in [0.29, 0.717) is 24.2 Å². The molecular formula is C15H17N3O3S. The van der Waals surface area contributed by atoms with Gasteiger partial charge in [-0.05, 0) is 36.6 Å². The number of carbonyl (C=O) groups excluding carboxylic acids is 1. The van der Waals surface area contributed by atoms with Crippen molar-refractivity contribution in [3.05, 3.63) is 41.5 Å². The maximum atomic E-state index is 12.0. The lowest BCUT2D eigenvalue weighted by atomic mass is 10.1. The van der Waals surface area contributed by atoms with Crippen LogP contribution in [0.15, 0.2) is 30.3 Å². The molecule has 1 saturated heterocycles. The van der Waals surface area contributed by atoms with Crippen LogP contribution in [0.3, 0.4) is 0 Å². The third kappa shape index (κ3) is 4.41. The molecule has 7 heteroatoms. The fourth-order valence-corrected chi connectivity index (χ4v) is 3.41. The zero-order valence-electron chi connectivity index (χ0n) is 12.0. The molecule has 0 aliphatic carbocycles. The molecule has 0 unspecified atom stereocenters. The Morgan fingerprint density at radius 2 is 2.00 bits per heavy atom. The van der Waals surface area contributed by atoms with Crippen molar-refractivity contribution >= 4 is 22.2 Å². The predicted molar refractivity (Wildman–Crippen MR) is 82.7 cm³/mol. The topological polar surface area (TPSA) is 90.3 Å². The molecule has 22 heavy (non-hydrogen) atoms. The van der Waals surface area contributed by atoms with Gasteiger partial charge in [0.2, 0.25) is 0 Å². The lowest BCUT2D eigenvalue weighted by molar-refractivity contribution is -0.114. The molecule has 0 saturated carbocycles. The van der Waals surface area contributed by atoms with Crippen LogP contribution < -0.4 is 4.72 Å². The molecule has 0 atom stereocenters. The molecule has 0 aromatic heterocycles. The smallest absolute Gasteiger partial charge is 0.269 e. The minimum Gasteiger partial charge on any atom is -0.269 e. The molecule has 1 aromatic rings. The highest BCUT2D eigenvalue weighted by Crippen LogP contribution is 2.12. The number of nitriles is 1. The summed E-state index contributed by atoms with van der Waals surface area (Å²) < 4.78 is 27.4. The quantitative estimate of drug-likeness (QED) is 0.850. The van der Waals surface area contributed by atoms with Crippen LogP contribution in [0.4, 0.5) is 0 Å². The number of benzene rings is 1. The normalized spacial score (nSPS) is 16.3. The summed E-state index contributed by atoms with van der Waals surface area (Å²) in [6.07, 6.45) is 5.26. The number of rotatable bonds is 4. The van der Waals surface area contributed by atoms with Crippen LogP contribution in [0.5, 0.6) is 0 Å². The molecule has 1 aliphatic heterocycles. The second-order valence-corrected chi connectivity index (χ2v) is 6.67. The summed E-state index contributed by atoms with van der Waals surface area (Å²) in [5, 5.41) is 8.80. The number of piperidine rings is 1. The van der Waals surface area contributed by atoms with Crippen LogP contribution in [0.25, 0.3) is 6.08 Å². The van der Waals surface area contributed by atoms with Gasteiger partial charge in [0.05, 0.1) is 11.6 Å². The van der Waals surface area contributed by atoms with E-state index in [-0.39, 0.29) is 0 Å². The van der Waals surface area contributed by atoms with Crippen LogP contribution in [-0.2, 0) is 15.0 Å². The Kier molecular flexibility index (Phi) is 5.31. The van der Waals surface area contributed by atoms with Crippen molar-refractivity contribution in [3.8, 4) is 6.07 Å². The first-order valence-corrected chi connectivity index (χ1v) is 8.45. The SMILES string of the molecule is N#Cc1cccc(/C=C/C(=O)NS(=O)(=O)N2CCCCC2)c1. The van der Waals surface area contributed by atoms with E-state index in [1.807, 2.05) is 10.8 Å². The third-order valence-corrected chi connectivity index (χ3v) is 4.83. The molecule has 1 amide bonds. The van der Waals surface area contributed by atoms with Crippen molar-refractivity contribution in [1.82, 2.24) is 9.03 Å². The van der Waals surface area contributed by atoms with Gasteiger partial charge in [0.15, 0.2) is 0 Å². The Morgan fingerprint density at radius 1 is 1.27 bits per heavy atom. The van der Waals surface area contributed by atoms with E-state index in [0.717, 1.165) is 25.3 Å². The van der Waals surface area contributed by atoms with Gasteiger partial charge in [0.1, 0.15) is 0 Å². The summed E-state index contributed by atoms with van der Waals surface area (Å²) in [7, 11) is -3.77. The molecule has 0 bridgehead atoms. The van der Waals surface area contributed by atoms with E-state index in [2.05, 4.69) is 0 Å². The van der Waals surface area contributed by atoms with Gasteiger partial charge in [-0.1, -0.05) is 18.6 Å². The van der Waals surface area contributed by atoms with E-state index in [1.165, 1.54) is 10.4 Å². The highest BCUT2D eigenvalue weighted by molar-refractivity contribution is 7.87. The summed E-state index contributed by atoms with van der Waals surface area (Å²) in [4.78, 5) is 11.8. The van der Waals surface area contributed by atoms with E-state index < -0.39 is 16.1 Å². The van der Waals surface area contributed by atoms with Crippen LogP contribution in [0, 0.1) is 11.3 Å². The highest BCUT2D eigenvalue weighted by atomic mass is 32.2. The second kappa shape index (κ2) is 7.20. The number of amides is 1. The molecule has 0 spiro atoms. The summed E-state index contributed by atoms with van der Waals surface area (Å²) in [6, 6.07) is 8.69. The average Bonchev–Trinajstić information content (AvgIpc) is 2.53. The third-order valence-electron chi connectivity index (χ3n) is 3.33. The molecule has 1 heterocycles. The lowest BCUT2D eigenvalue weighted by Crippen LogP contribution is -2.45. The molecule has 1 aromatic carbocycles. The highest BCUT2D eigenvalue weighted by Gasteiger charge is 2.24. The second-order valence-electron chi connectivity index (χ2n) is 5.00. The van der Waals surface area contributed by atoms with E-state index in [9.17, 15) is 13.2 Å². The van der Waals surface area contributed by atoms with E-state index in [4.69, 9.17) is 5.26 Å². The average molecular weight is 319 g/mol.